The average molecular weight is 390 g/mol. The second-order valence-electron chi connectivity index (χ2n) is 6.95. The van der Waals surface area contributed by atoms with E-state index in [0.29, 0.717) is 34.9 Å². The number of carbonyl (C=O) groups is 2. The van der Waals surface area contributed by atoms with Gasteiger partial charge in [-0.2, -0.15) is 0 Å². The number of ether oxygens (including phenoxy) is 2. The number of amidine groups is 1. The molecule has 0 saturated carbocycles. The highest BCUT2D eigenvalue weighted by Crippen LogP contribution is 2.28. The van der Waals surface area contributed by atoms with Gasteiger partial charge >= 0.3 is 5.97 Å². The summed E-state index contributed by atoms with van der Waals surface area (Å²) in [5.74, 6) is 1.03. The van der Waals surface area contributed by atoms with Crippen molar-refractivity contribution in [3.8, 4) is 11.5 Å². The lowest BCUT2D eigenvalue weighted by Crippen LogP contribution is -2.31. The summed E-state index contributed by atoms with van der Waals surface area (Å²) in [6.07, 6.45) is 5.65. The van der Waals surface area contributed by atoms with Gasteiger partial charge in [0.25, 0.3) is 5.91 Å². The zero-order valence-corrected chi connectivity index (χ0v) is 16.3. The molecule has 0 atom stereocenters. The van der Waals surface area contributed by atoms with Gasteiger partial charge < -0.3 is 9.47 Å². The molecule has 1 amide bonds. The number of carbonyl (C=O) groups excluding carboxylic acids is 2. The zero-order valence-electron chi connectivity index (χ0n) is 16.3. The molecule has 0 N–H and O–H groups in total. The number of amides is 1. The third kappa shape index (κ3) is 3.92. The van der Waals surface area contributed by atoms with E-state index in [-0.39, 0.29) is 5.91 Å². The van der Waals surface area contributed by atoms with Gasteiger partial charge in [-0.1, -0.05) is 36.8 Å². The molecule has 2 aliphatic heterocycles. The van der Waals surface area contributed by atoms with Crippen LogP contribution >= 0.6 is 0 Å². The standard InChI is InChI=1S/C23H22N2O4/c1-28-20-12-7-5-10-17(20)23(27)29-19-11-6-4-9-16(19)15-18-22(26)25-14-8-2-3-13-21(25)24-18/h4-7,9-12,15H,2-3,8,13-14H2,1H3. The number of fused-ring (bicyclic) bond motifs is 1. The molecule has 0 unspecified atom stereocenters. The molecule has 0 bridgehead atoms. The molecule has 0 radical (unpaired) electrons. The summed E-state index contributed by atoms with van der Waals surface area (Å²) in [4.78, 5) is 31.7. The highest BCUT2D eigenvalue weighted by atomic mass is 16.5. The maximum atomic E-state index is 12.8. The summed E-state index contributed by atoms with van der Waals surface area (Å²) < 4.78 is 10.9. The van der Waals surface area contributed by atoms with Crippen LogP contribution in [0.3, 0.4) is 0 Å². The van der Waals surface area contributed by atoms with Crippen molar-refractivity contribution in [2.75, 3.05) is 13.7 Å². The summed E-state index contributed by atoms with van der Waals surface area (Å²) in [7, 11) is 1.51. The molecule has 29 heavy (non-hydrogen) atoms. The number of methoxy groups -OCH3 is 1. The number of nitrogens with zero attached hydrogens (tertiary/aromatic N) is 2. The van der Waals surface area contributed by atoms with Crippen LogP contribution in [0.1, 0.15) is 41.6 Å². The number of hydrogen-bond acceptors (Lipinski definition) is 5. The summed E-state index contributed by atoms with van der Waals surface area (Å²) in [6, 6.07) is 14.0. The first-order valence-electron chi connectivity index (χ1n) is 9.73. The molecule has 2 aliphatic rings. The van der Waals surface area contributed by atoms with Crippen LogP contribution in [0.15, 0.2) is 59.2 Å². The van der Waals surface area contributed by atoms with E-state index in [9.17, 15) is 9.59 Å². The van der Waals surface area contributed by atoms with E-state index >= 15 is 0 Å². The maximum absolute atomic E-state index is 12.8. The zero-order chi connectivity index (χ0) is 20.2. The summed E-state index contributed by atoms with van der Waals surface area (Å²) in [5, 5.41) is 0. The van der Waals surface area contributed by atoms with Crippen molar-refractivity contribution in [3.05, 3.63) is 65.4 Å². The fourth-order valence-corrected chi connectivity index (χ4v) is 3.56. The Balaban J connectivity index is 1.62. The smallest absolute Gasteiger partial charge is 0.347 e. The van der Waals surface area contributed by atoms with Crippen molar-refractivity contribution in [1.29, 1.82) is 0 Å². The molecule has 2 heterocycles. The fourth-order valence-electron chi connectivity index (χ4n) is 3.56. The van der Waals surface area contributed by atoms with Crippen LogP contribution < -0.4 is 9.47 Å². The van der Waals surface area contributed by atoms with Crippen LogP contribution in [-0.2, 0) is 4.79 Å². The Morgan fingerprint density at radius 2 is 1.79 bits per heavy atom. The molecule has 4 rings (SSSR count). The van der Waals surface area contributed by atoms with Gasteiger partial charge in [0.2, 0.25) is 0 Å². The highest BCUT2D eigenvalue weighted by molar-refractivity contribution is 6.14. The molecule has 6 heteroatoms. The second kappa shape index (κ2) is 8.31. The minimum absolute atomic E-state index is 0.0900. The van der Waals surface area contributed by atoms with E-state index in [4.69, 9.17) is 9.47 Å². The van der Waals surface area contributed by atoms with Crippen molar-refractivity contribution >= 4 is 23.8 Å². The van der Waals surface area contributed by atoms with Crippen molar-refractivity contribution in [2.24, 2.45) is 4.99 Å². The van der Waals surface area contributed by atoms with Gasteiger partial charge in [-0.3, -0.25) is 9.69 Å². The second-order valence-corrected chi connectivity index (χ2v) is 6.95. The topological polar surface area (TPSA) is 68.2 Å². The first kappa shape index (κ1) is 18.9. The van der Waals surface area contributed by atoms with E-state index in [1.165, 1.54) is 7.11 Å². The van der Waals surface area contributed by atoms with Gasteiger partial charge in [0, 0.05) is 18.5 Å². The predicted molar refractivity (Wildman–Crippen MR) is 110 cm³/mol. The van der Waals surface area contributed by atoms with Gasteiger partial charge in [0.05, 0.1) is 7.11 Å². The molecular weight excluding hydrogens is 368 g/mol. The summed E-state index contributed by atoms with van der Waals surface area (Å²) >= 11 is 0. The van der Waals surface area contributed by atoms with Crippen LogP contribution in [0, 0.1) is 0 Å². The number of benzene rings is 2. The molecule has 6 nitrogen and oxygen atoms in total. The monoisotopic (exact) mass is 390 g/mol. The SMILES string of the molecule is COc1ccccc1C(=O)Oc1ccccc1C=C1N=C2CCCCCN2C1=O. The van der Waals surface area contributed by atoms with Crippen LogP contribution in [0.2, 0.25) is 0 Å². The van der Waals surface area contributed by atoms with Crippen LogP contribution in [0.5, 0.6) is 11.5 Å². The van der Waals surface area contributed by atoms with Crippen LogP contribution in [0.25, 0.3) is 6.08 Å². The minimum atomic E-state index is -0.522. The molecule has 0 aromatic heterocycles. The molecule has 1 saturated heterocycles. The van der Waals surface area contributed by atoms with E-state index < -0.39 is 5.97 Å². The number of aliphatic imine (C=N–C) groups is 1. The first-order chi connectivity index (χ1) is 14.2. The number of rotatable bonds is 4. The Hall–Kier alpha value is -3.41. The lowest BCUT2D eigenvalue weighted by atomic mass is 10.1. The van der Waals surface area contributed by atoms with Gasteiger partial charge in [-0.25, -0.2) is 9.79 Å². The Kier molecular flexibility index (Phi) is 5.42. The number of hydrogen-bond donors (Lipinski definition) is 0. The number of para-hydroxylation sites is 2. The van der Waals surface area contributed by atoms with E-state index in [0.717, 1.165) is 31.5 Å². The molecule has 0 spiro atoms. The molecular formula is C23H22N2O4. The third-order valence-corrected chi connectivity index (χ3v) is 5.05. The fraction of sp³-hybridized carbons (Fsp3) is 0.261. The summed E-state index contributed by atoms with van der Waals surface area (Å²) in [6.45, 7) is 0.708. The van der Waals surface area contributed by atoms with Crippen LogP contribution in [0.4, 0.5) is 0 Å². The first-order valence-corrected chi connectivity index (χ1v) is 9.73. The quantitative estimate of drug-likeness (QED) is 0.448. The molecule has 0 aliphatic carbocycles. The number of esters is 1. The Bertz CT molecular complexity index is 1010. The Morgan fingerprint density at radius 3 is 2.62 bits per heavy atom. The summed E-state index contributed by atoms with van der Waals surface area (Å²) in [5.41, 5.74) is 1.34. The van der Waals surface area contributed by atoms with Crippen molar-refractivity contribution < 1.29 is 19.1 Å². The van der Waals surface area contributed by atoms with Gasteiger partial charge in [-0.15, -0.1) is 0 Å². The van der Waals surface area contributed by atoms with Crippen molar-refractivity contribution in [3.63, 3.8) is 0 Å². The minimum Gasteiger partial charge on any atom is -0.496 e. The van der Waals surface area contributed by atoms with Gasteiger partial charge in [0.15, 0.2) is 0 Å². The average Bonchev–Trinajstić information content (AvgIpc) is 2.91. The largest absolute Gasteiger partial charge is 0.496 e. The molecule has 1 fully saturated rings. The molecule has 148 valence electrons. The van der Waals surface area contributed by atoms with Gasteiger partial charge in [-0.05, 0) is 37.1 Å². The molecule has 2 aromatic rings. The van der Waals surface area contributed by atoms with Gasteiger partial charge in [0.1, 0.15) is 28.6 Å². The molecule has 2 aromatic carbocycles. The van der Waals surface area contributed by atoms with Crippen molar-refractivity contribution in [2.45, 2.75) is 25.7 Å². The highest BCUT2D eigenvalue weighted by Gasteiger charge is 2.30. The van der Waals surface area contributed by atoms with E-state index in [1.807, 2.05) is 6.07 Å². The Labute approximate surface area is 169 Å². The van der Waals surface area contributed by atoms with E-state index in [1.54, 1.807) is 53.4 Å². The lowest BCUT2D eigenvalue weighted by molar-refractivity contribution is -0.122. The van der Waals surface area contributed by atoms with Crippen molar-refractivity contribution in [1.82, 2.24) is 4.90 Å². The van der Waals surface area contributed by atoms with Crippen LogP contribution in [-0.4, -0.2) is 36.3 Å². The normalized spacial score (nSPS) is 17.6. The Morgan fingerprint density at radius 1 is 1.03 bits per heavy atom. The lowest BCUT2D eigenvalue weighted by Gasteiger charge is -2.14. The third-order valence-electron chi connectivity index (χ3n) is 5.05. The van der Waals surface area contributed by atoms with E-state index in [2.05, 4.69) is 4.99 Å². The maximum Gasteiger partial charge on any atom is 0.347 e. The predicted octanol–water partition coefficient (Wildman–Crippen LogP) is 4.07.